The van der Waals surface area contributed by atoms with Crippen LogP contribution in [-0.4, -0.2) is 60.2 Å². The van der Waals surface area contributed by atoms with Crippen molar-refractivity contribution in [2.24, 2.45) is 4.99 Å². The number of rotatable bonds is 10. The van der Waals surface area contributed by atoms with Crippen molar-refractivity contribution in [2.75, 3.05) is 45.9 Å². The summed E-state index contributed by atoms with van der Waals surface area (Å²) in [6.07, 6.45) is 3.01. The zero-order valence-electron chi connectivity index (χ0n) is 15.9. The number of aryl methyl sites for hydroxylation is 1. The Morgan fingerprint density at radius 2 is 1.88 bits per heavy atom. The van der Waals surface area contributed by atoms with Crippen LogP contribution in [0.3, 0.4) is 0 Å². The molecule has 0 spiro atoms. The number of guanidine groups is 1. The molecule has 0 heterocycles. The van der Waals surface area contributed by atoms with Gasteiger partial charge in [0.15, 0.2) is 17.5 Å². The molecule has 0 bridgehead atoms. The van der Waals surface area contributed by atoms with Crippen molar-refractivity contribution < 1.29 is 17.9 Å². The molecule has 0 fully saturated rings. The molecule has 26 heavy (non-hydrogen) atoms. The van der Waals surface area contributed by atoms with E-state index in [1.807, 2.05) is 25.1 Å². The Morgan fingerprint density at radius 1 is 1.19 bits per heavy atom. The fraction of sp³-hybridized carbons (Fsp3) is 0.588. The molecule has 0 unspecified atom stereocenters. The Hall–Kier alpha value is -1.23. The first-order chi connectivity index (χ1) is 11.9. The minimum absolute atomic E-state index is 0. The summed E-state index contributed by atoms with van der Waals surface area (Å²) in [6, 6.07) is 5.95. The van der Waals surface area contributed by atoms with Crippen molar-refractivity contribution in [3.05, 3.63) is 23.8 Å². The van der Waals surface area contributed by atoms with Crippen LogP contribution in [0.1, 0.15) is 18.9 Å². The first-order valence-corrected chi connectivity index (χ1v) is 10.4. The number of hydrogen-bond donors (Lipinski definition) is 2. The molecule has 0 aromatic heterocycles. The van der Waals surface area contributed by atoms with Gasteiger partial charge < -0.3 is 20.1 Å². The van der Waals surface area contributed by atoms with Gasteiger partial charge in [-0.3, -0.25) is 4.99 Å². The van der Waals surface area contributed by atoms with Crippen molar-refractivity contribution in [1.29, 1.82) is 0 Å². The summed E-state index contributed by atoms with van der Waals surface area (Å²) < 4.78 is 33.1. The number of nitrogens with zero attached hydrogens (tertiary/aromatic N) is 1. The van der Waals surface area contributed by atoms with Crippen LogP contribution < -0.4 is 20.1 Å². The Labute approximate surface area is 173 Å². The van der Waals surface area contributed by atoms with E-state index in [1.54, 1.807) is 14.2 Å². The molecular weight excluding hydrogens is 469 g/mol. The molecule has 1 aromatic carbocycles. The number of aliphatic imine (C=N–C) groups is 1. The van der Waals surface area contributed by atoms with E-state index in [9.17, 15) is 8.42 Å². The third-order valence-corrected chi connectivity index (χ3v) is 4.40. The summed E-state index contributed by atoms with van der Waals surface area (Å²) in [5.41, 5.74) is 1.17. The molecule has 0 saturated carbocycles. The van der Waals surface area contributed by atoms with E-state index in [0.29, 0.717) is 19.1 Å². The van der Waals surface area contributed by atoms with Gasteiger partial charge in [-0.25, -0.2) is 8.42 Å². The predicted octanol–water partition coefficient (Wildman–Crippen LogP) is 1.85. The molecule has 0 aliphatic rings. The van der Waals surface area contributed by atoms with Gasteiger partial charge in [0.1, 0.15) is 9.84 Å². The number of methoxy groups -OCH3 is 1. The summed E-state index contributed by atoms with van der Waals surface area (Å²) in [7, 11) is 0.318. The minimum Gasteiger partial charge on any atom is -0.493 e. The van der Waals surface area contributed by atoms with Crippen LogP contribution in [-0.2, 0) is 16.3 Å². The van der Waals surface area contributed by atoms with E-state index >= 15 is 0 Å². The Kier molecular flexibility index (Phi) is 12.4. The summed E-state index contributed by atoms with van der Waals surface area (Å²) >= 11 is 0. The highest BCUT2D eigenvalue weighted by Crippen LogP contribution is 2.28. The van der Waals surface area contributed by atoms with E-state index in [1.165, 1.54) is 11.8 Å². The van der Waals surface area contributed by atoms with Crippen LogP contribution in [0.5, 0.6) is 11.5 Å². The molecule has 0 amide bonds. The van der Waals surface area contributed by atoms with Crippen molar-refractivity contribution in [3.8, 4) is 11.5 Å². The highest BCUT2D eigenvalue weighted by molar-refractivity contribution is 14.0. The van der Waals surface area contributed by atoms with E-state index < -0.39 is 9.84 Å². The Morgan fingerprint density at radius 3 is 2.46 bits per heavy atom. The predicted molar refractivity (Wildman–Crippen MR) is 117 cm³/mol. The number of benzene rings is 1. The third kappa shape index (κ3) is 10.0. The monoisotopic (exact) mass is 499 g/mol. The second-order valence-corrected chi connectivity index (χ2v) is 7.84. The molecule has 0 aliphatic heterocycles. The van der Waals surface area contributed by atoms with Gasteiger partial charge in [-0.2, -0.15) is 0 Å². The molecule has 0 saturated heterocycles. The van der Waals surface area contributed by atoms with Gasteiger partial charge in [-0.1, -0.05) is 6.07 Å². The summed E-state index contributed by atoms with van der Waals surface area (Å²) in [4.78, 5) is 4.08. The van der Waals surface area contributed by atoms with Gasteiger partial charge in [0, 0.05) is 26.4 Å². The third-order valence-electron chi connectivity index (χ3n) is 3.45. The second kappa shape index (κ2) is 13.0. The van der Waals surface area contributed by atoms with Crippen molar-refractivity contribution in [2.45, 2.75) is 19.8 Å². The molecule has 150 valence electrons. The highest BCUT2D eigenvalue weighted by atomic mass is 127. The van der Waals surface area contributed by atoms with Crippen LogP contribution in [0.2, 0.25) is 0 Å². The largest absolute Gasteiger partial charge is 0.493 e. The smallest absolute Gasteiger partial charge is 0.191 e. The van der Waals surface area contributed by atoms with Crippen molar-refractivity contribution >= 4 is 39.8 Å². The molecule has 9 heteroatoms. The zero-order valence-corrected chi connectivity index (χ0v) is 19.0. The maximum absolute atomic E-state index is 11.1. The number of hydrogen-bond acceptors (Lipinski definition) is 5. The quantitative estimate of drug-likeness (QED) is 0.221. The average molecular weight is 499 g/mol. The van der Waals surface area contributed by atoms with Gasteiger partial charge in [0.2, 0.25) is 0 Å². The second-order valence-electron chi connectivity index (χ2n) is 5.58. The minimum atomic E-state index is -2.97. The lowest BCUT2D eigenvalue weighted by molar-refractivity contribution is 0.310. The van der Waals surface area contributed by atoms with E-state index in [0.717, 1.165) is 30.9 Å². The molecule has 2 N–H and O–H groups in total. The number of nitrogens with one attached hydrogen (secondary N) is 2. The van der Waals surface area contributed by atoms with E-state index in [2.05, 4.69) is 15.6 Å². The SMILES string of the molecule is CCOc1cc(CCCNC(=NC)NCCS(C)(=O)=O)ccc1OC.I. The van der Waals surface area contributed by atoms with Crippen LogP contribution in [0, 0.1) is 0 Å². The Balaban J connectivity index is 0.00000625. The zero-order chi connectivity index (χ0) is 18.7. The molecule has 7 nitrogen and oxygen atoms in total. The standard InChI is InChI=1S/C17H29N3O4S.HI/c1-5-24-16-13-14(8-9-15(16)23-3)7-6-10-19-17(18-2)20-11-12-25(4,21)22;/h8-9,13H,5-7,10-12H2,1-4H3,(H2,18,19,20);1H. The average Bonchev–Trinajstić information content (AvgIpc) is 2.56. The maximum Gasteiger partial charge on any atom is 0.191 e. The first kappa shape index (κ1) is 24.8. The normalized spacial score (nSPS) is 11.5. The van der Waals surface area contributed by atoms with Crippen molar-refractivity contribution in [3.63, 3.8) is 0 Å². The molecular formula is C17H30IN3O4S. The topological polar surface area (TPSA) is 89.0 Å². The number of halogens is 1. The number of sulfone groups is 1. The van der Waals surface area contributed by atoms with Crippen LogP contribution in [0.4, 0.5) is 0 Å². The maximum atomic E-state index is 11.1. The van der Waals surface area contributed by atoms with Gasteiger partial charge in [-0.05, 0) is 37.5 Å². The summed E-state index contributed by atoms with van der Waals surface area (Å²) in [5.74, 6) is 2.18. The lowest BCUT2D eigenvalue weighted by Gasteiger charge is -2.13. The van der Waals surface area contributed by atoms with Crippen LogP contribution in [0.25, 0.3) is 0 Å². The molecule has 0 atom stereocenters. The summed E-state index contributed by atoms with van der Waals surface area (Å²) in [6.45, 7) is 3.61. The lowest BCUT2D eigenvalue weighted by atomic mass is 10.1. The molecule has 1 aromatic rings. The summed E-state index contributed by atoms with van der Waals surface area (Å²) in [5, 5.41) is 6.17. The Bertz CT molecular complexity index is 666. The fourth-order valence-corrected chi connectivity index (χ4v) is 2.69. The van der Waals surface area contributed by atoms with Gasteiger partial charge >= 0.3 is 0 Å². The first-order valence-electron chi connectivity index (χ1n) is 8.31. The molecule has 0 aliphatic carbocycles. The fourth-order valence-electron chi connectivity index (χ4n) is 2.22. The van der Waals surface area contributed by atoms with Gasteiger partial charge in [0.05, 0.1) is 19.5 Å². The van der Waals surface area contributed by atoms with Gasteiger partial charge in [-0.15, -0.1) is 24.0 Å². The highest BCUT2D eigenvalue weighted by Gasteiger charge is 2.06. The lowest BCUT2D eigenvalue weighted by Crippen LogP contribution is -2.39. The van der Waals surface area contributed by atoms with E-state index in [4.69, 9.17) is 9.47 Å². The van der Waals surface area contributed by atoms with E-state index in [-0.39, 0.29) is 29.7 Å². The molecule has 1 rings (SSSR count). The molecule has 0 radical (unpaired) electrons. The number of ether oxygens (including phenoxy) is 2. The van der Waals surface area contributed by atoms with Crippen molar-refractivity contribution in [1.82, 2.24) is 10.6 Å². The van der Waals surface area contributed by atoms with Crippen LogP contribution >= 0.6 is 24.0 Å². The van der Waals surface area contributed by atoms with Crippen LogP contribution in [0.15, 0.2) is 23.2 Å². The van der Waals surface area contributed by atoms with Gasteiger partial charge in [0.25, 0.3) is 0 Å².